The van der Waals surface area contributed by atoms with E-state index in [1.54, 1.807) is 7.11 Å². The Morgan fingerprint density at radius 3 is 2.80 bits per heavy atom. The fourth-order valence-corrected chi connectivity index (χ4v) is 1.94. The summed E-state index contributed by atoms with van der Waals surface area (Å²) in [6, 6.07) is 9.44. The molecule has 0 aromatic heterocycles. The van der Waals surface area contributed by atoms with E-state index in [1.807, 2.05) is 12.1 Å². The molecule has 1 aliphatic carbocycles. The zero-order chi connectivity index (χ0) is 10.7. The van der Waals surface area contributed by atoms with Gasteiger partial charge in [0.2, 0.25) is 0 Å². The van der Waals surface area contributed by atoms with Crippen LogP contribution in [0.3, 0.4) is 0 Å². The molecule has 0 unspecified atom stereocenters. The van der Waals surface area contributed by atoms with Crippen molar-refractivity contribution in [2.75, 3.05) is 7.11 Å². The van der Waals surface area contributed by atoms with Crippen LogP contribution in [-0.4, -0.2) is 13.2 Å². The number of nitrogens with one attached hydrogen (secondary N) is 1. The molecule has 0 bridgehead atoms. The summed E-state index contributed by atoms with van der Waals surface area (Å²) in [6.07, 6.45) is 4.03. The minimum atomic E-state index is 0.422. The van der Waals surface area contributed by atoms with Crippen LogP contribution in [-0.2, 0) is 0 Å². The summed E-state index contributed by atoms with van der Waals surface area (Å²) >= 11 is 0. The lowest BCUT2D eigenvalue weighted by molar-refractivity contribution is 0.313. The van der Waals surface area contributed by atoms with Gasteiger partial charge < -0.3 is 10.1 Å². The molecule has 0 aliphatic heterocycles. The predicted molar refractivity (Wildman–Crippen MR) is 62.2 cm³/mol. The second-order valence-corrected chi connectivity index (χ2v) is 4.29. The van der Waals surface area contributed by atoms with E-state index in [2.05, 4.69) is 24.4 Å². The minimum Gasteiger partial charge on any atom is -0.497 e. The van der Waals surface area contributed by atoms with E-state index >= 15 is 0 Å². The molecule has 82 valence electrons. The Morgan fingerprint density at radius 1 is 1.40 bits per heavy atom. The van der Waals surface area contributed by atoms with Crippen molar-refractivity contribution in [3.8, 4) is 5.75 Å². The lowest BCUT2D eigenvalue weighted by Gasteiger charge is -2.30. The first-order chi connectivity index (χ1) is 7.29. The summed E-state index contributed by atoms with van der Waals surface area (Å²) in [5, 5.41) is 3.63. The van der Waals surface area contributed by atoms with Crippen LogP contribution in [0.25, 0.3) is 0 Å². The van der Waals surface area contributed by atoms with Gasteiger partial charge in [-0.3, -0.25) is 0 Å². The van der Waals surface area contributed by atoms with E-state index in [-0.39, 0.29) is 0 Å². The van der Waals surface area contributed by atoms with Crippen LogP contribution >= 0.6 is 0 Å². The Balaban J connectivity index is 1.99. The van der Waals surface area contributed by atoms with Crippen molar-refractivity contribution >= 4 is 0 Å². The molecule has 1 aromatic carbocycles. The molecule has 0 saturated heterocycles. The number of hydrogen-bond acceptors (Lipinski definition) is 2. The molecule has 1 aliphatic rings. The highest BCUT2D eigenvalue weighted by Crippen LogP contribution is 2.24. The monoisotopic (exact) mass is 205 g/mol. The van der Waals surface area contributed by atoms with Gasteiger partial charge in [-0.05, 0) is 37.5 Å². The maximum Gasteiger partial charge on any atom is 0.119 e. The lowest BCUT2D eigenvalue weighted by Crippen LogP contribution is -2.36. The van der Waals surface area contributed by atoms with Crippen LogP contribution in [0.1, 0.15) is 37.8 Å². The van der Waals surface area contributed by atoms with E-state index in [4.69, 9.17) is 4.74 Å². The smallest absolute Gasteiger partial charge is 0.119 e. The van der Waals surface area contributed by atoms with Crippen LogP contribution in [0.5, 0.6) is 5.75 Å². The van der Waals surface area contributed by atoms with Crippen molar-refractivity contribution in [1.29, 1.82) is 0 Å². The molecule has 2 nitrogen and oxygen atoms in total. The molecule has 0 radical (unpaired) electrons. The first kappa shape index (κ1) is 10.5. The van der Waals surface area contributed by atoms with E-state index in [1.165, 1.54) is 24.8 Å². The molecule has 2 heteroatoms. The van der Waals surface area contributed by atoms with Gasteiger partial charge in [-0.15, -0.1) is 0 Å². The third-order valence-electron chi connectivity index (χ3n) is 3.18. The average Bonchev–Trinajstić information content (AvgIpc) is 2.23. The summed E-state index contributed by atoms with van der Waals surface area (Å²) in [6.45, 7) is 2.22. The summed E-state index contributed by atoms with van der Waals surface area (Å²) in [5.74, 6) is 0.940. The SMILES string of the molecule is COc1cccc([C@@H](C)NC2CCC2)c1. The third-order valence-corrected chi connectivity index (χ3v) is 3.18. The molecule has 0 heterocycles. The Bertz CT molecular complexity index is 320. The van der Waals surface area contributed by atoms with Gasteiger partial charge in [0.1, 0.15) is 5.75 Å². The Morgan fingerprint density at radius 2 is 2.20 bits per heavy atom. The minimum absolute atomic E-state index is 0.422. The zero-order valence-electron chi connectivity index (χ0n) is 9.49. The molecule has 1 aromatic rings. The van der Waals surface area contributed by atoms with E-state index < -0.39 is 0 Å². The zero-order valence-corrected chi connectivity index (χ0v) is 9.49. The van der Waals surface area contributed by atoms with Gasteiger partial charge in [0.15, 0.2) is 0 Å². The largest absolute Gasteiger partial charge is 0.497 e. The molecule has 0 amide bonds. The number of hydrogen-bond donors (Lipinski definition) is 1. The number of ether oxygens (including phenoxy) is 1. The van der Waals surface area contributed by atoms with Crippen molar-refractivity contribution < 1.29 is 4.74 Å². The van der Waals surface area contributed by atoms with Crippen molar-refractivity contribution in [1.82, 2.24) is 5.32 Å². The van der Waals surface area contributed by atoms with Gasteiger partial charge in [-0.1, -0.05) is 18.6 Å². The second kappa shape index (κ2) is 4.67. The highest BCUT2D eigenvalue weighted by molar-refractivity contribution is 5.30. The molecule has 2 rings (SSSR count). The van der Waals surface area contributed by atoms with Gasteiger partial charge >= 0.3 is 0 Å². The summed E-state index contributed by atoms with van der Waals surface area (Å²) in [5.41, 5.74) is 1.31. The maximum atomic E-state index is 5.22. The van der Waals surface area contributed by atoms with Gasteiger partial charge in [0, 0.05) is 12.1 Å². The highest BCUT2D eigenvalue weighted by atomic mass is 16.5. The molecule has 1 saturated carbocycles. The van der Waals surface area contributed by atoms with Crippen LogP contribution in [0, 0.1) is 0 Å². The van der Waals surface area contributed by atoms with Crippen molar-refractivity contribution in [2.24, 2.45) is 0 Å². The van der Waals surface area contributed by atoms with Crippen molar-refractivity contribution in [2.45, 2.75) is 38.3 Å². The van der Waals surface area contributed by atoms with Gasteiger partial charge in [-0.25, -0.2) is 0 Å². The molecule has 1 fully saturated rings. The molecule has 1 N–H and O–H groups in total. The molecule has 15 heavy (non-hydrogen) atoms. The second-order valence-electron chi connectivity index (χ2n) is 4.29. The summed E-state index contributed by atoms with van der Waals surface area (Å²) in [4.78, 5) is 0. The van der Waals surface area contributed by atoms with Gasteiger partial charge in [0.25, 0.3) is 0 Å². The first-order valence-corrected chi connectivity index (χ1v) is 5.69. The number of methoxy groups -OCH3 is 1. The Kier molecular flexibility index (Phi) is 3.27. The Labute approximate surface area is 91.6 Å². The number of benzene rings is 1. The number of rotatable bonds is 4. The quantitative estimate of drug-likeness (QED) is 0.816. The molecule has 1 atom stereocenters. The fourth-order valence-electron chi connectivity index (χ4n) is 1.94. The normalized spacial score (nSPS) is 18.3. The van der Waals surface area contributed by atoms with E-state index in [9.17, 15) is 0 Å². The average molecular weight is 205 g/mol. The van der Waals surface area contributed by atoms with E-state index in [0.29, 0.717) is 6.04 Å². The lowest BCUT2D eigenvalue weighted by atomic mass is 9.92. The maximum absolute atomic E-state index is 5.22. The molecular weight excluding hydrogens is 186 g/mol. The standard InChI is InChI=1S/C13H19NO/c1-10(14-12-6-4-7-12)11-5-3-8-13(9-11)15-2/h3,5,8-10,12,14H,4,6-7H2,1-2H3/t10-/m1/s1. The Hall–Kier alpha value is -1.02. The highest BCUT2D eigenvalue weighted by Gasteiger charge is 2.19. The predicted octanol–water partition coefficient (Wildman–Crippen LogP) is 2.90. The van der Waals surface area contributed by atoms with Gasteiger partial charge in [0.05, 0.1) is 7.11 Å². The van der Waals surface area contributed by atoms with Crippen molar-refractivity contribution in [3.63, 3.8) is 0 Å². The first-order valence-electron chi connectivity index (χ1n) is 5.69. The van der Waals surface area contributed by atoms with Crippen LogP contribution in [0.15, 0.2) is 24.3 Å². The van der Waals surface area contributed by atoms with Gasteiger partial charge in [-0.2, -0.15) is 0 Å². The third kappa shape index (κ3) is 2.51. The fraction of sp³-hybridized carbons (Fsp3) is 0.538. The van der Waals surface area contributed by atoms with Crippen LogP contribution < -0.4 is 10.1 Å². The van der Waals surface area contributed by atoms with Crippen LogP contribution in [0.4, 0.5) is 0 Å². The topological polar surface area (TPSA) is 21.3 Å². The summed E-state index contributed by atoms with van der Waals surface area (Å²) < 4.78 is 5.22. The van der Waals surface area contributed by atoms with Crippen molar-refractivity contribution in [3.05, 3.63) is 29.8 Å². The summed E-state index contributed by atoms with van der Waals surface area (Å²) in [7, 11) is 1.71. The molecular formula is C13H19NO. The van der Waals surface area contributed by atoms with Crippen LogP contribution in [0.2, 0.25) is 0 Å². The molecule has 0 spiro atoms. The van der Waals surface area contributed by atoms with E-state index in [0.717, 1.165) is 11.8 Å².